The first kappa shape index (κ1) is 8.43. The fraction of sp³-hybridized carbons (Fsp3) is 0.667. The number of carboxylic acid groups (broad SMARTS) is 1. The Morgan fingerprint density at radius 2 is 2.00 bits per heavy atom. The molecule has 0 spiro atoms. The molecule has 0 aromatic rings. The number of rotatable bonds is 3. The van der Waals surface area contributed by atoms with Crippen LogP contribution in [0, 0.1) is 12.3 Å². The SMILES string of the molecule is CC(C)[CH]C(O)C(=O)O. The molecule has 1 unspecified atom stereocenters. The van der Waals surface area contributed by atoms with Gasteiger partial charge in [-0.25, -0.2) is 4.79 Å². The third kappa shape index (κ3) is 3.97. The van der Waals surface area contributed by atoms with Gasteiger partial charge in [0.1, 0.15) is 0 Å². The van der Waals surface area contributed by atoms with Crippen molar-refractivity contribution in [1.29, 1.82) is 0 Å². The third-order valence-corrected chi connectivity index (χ3v) is 0.820. The second kappa shape index (κ2) is 3.45. The van der Waals surface area contributed by atoms with E-state index >= 15 is 0 Å². The summed E-state index contributed by atoms with van der Waals surface area (Å²) in [6.45, 7) is 3.62. The largest absolute Gasteiger partial charge is 0.479 e. The average molecular weight is 131 g/mol. The number of aliphatic hydroxyl groups excluding tert-OH is 1. The Morgan fingerprint density at radius 1 is 1.56 bits per heavy atom. The van der Waals surface area contributed by atoms with Crippen LogP contribution < -0.4 is 0 Å². The molecular formula is C6H11O3. The van der Waals surface area contributed by atoms with E-state index in [-0.39, 0.29) is 5.92 Å². The van der Waals surface area contributed by atoms with Crippen molar-refractivity contribution in [2.75, 3.05) is 0 Å². The van der Waals surface area contributed by atoms with Crippen molar-refractivity contribution in [2.24, 2.45) is 5.92 Å². The maximum atomic E-state index is 9.95. The van der Waals surface area contributed by atoms with Crippen molar-refractivity contribution in [3.63, 3.8) is 0 Å². The molecule has 3 heteroatoms. The fourth-order valence-electron chi connectivity index (χ4n) is 0.447. The van der Waals surface area contributed by atoms with Gasteiger partial charge in [0.2, 0.25) is 0 Å². The Balaban J connectivity index is 3.50. The lowest BCUT2D eigenvalue weighted by atomic mass is 10.1. The van der Waals surface area contributed by atoms with Crippen LogP contribution in [-0.4, -0.2) is 22.3 Å². The van der Waals surface area contributed by atoms with E-state index in [4.69, 9.17) is 10.2 Å². The smallest absolute Gasteiger partial charge is 0.332 e. The van der Waals surface area contributed by atoms with Crippen LogP contribution in [0.1, 0.15) is 13.8 Å². The molecule has 3 nitrogen and oxygen atoms in total. The summed E-state index contributed by atoms with van der Waals surface area (Å²) in [7, 11) is 0. The molecule has 53 valence electrons. The number of hydrogen-bond acceptors (Lipinski definition) is 2. The van der Waals surface area contributed by atoms with Gasteiger partial charge in [0.05, 0.1) is 0 Å². The minimum Gasteiger partial charge on any atom is -0.479 e. The highest BCUT2D eigenvalue weighted by molar-refractivity contribution is 5.73. The Kier molecular flexibility index (Phi) is 3.24. The van der Waals surface area contributed by atoms with Gasteiger partial charge in [0, 0.05) is 6.42 Å². The van der Waals surface area contributed by atoms with Gasteiger partial charge in [-0.05, 0) is 5.92 Å². The van der Waals surface area contributed by atoms with Gasteiger partial charge >= 0.3 is 5.97 Å². The molecule has 0 aromatic heterocycles. The van der Waals surface area contributed by atoms with Crippen LogP contribution in [0.2, 0.25) is 0 Å². The van der Waals surface area contributed by atoms with Crippen molar-refractivity contribution >= 4 is 5.97 Å². The lowest BCUT2D eigenvalue weighted by molar-refractivity contribution is -0.145. The van der Waals surface area contributed by atoms with Crippen LogP contribution in [0.3, 0.4) is 0 Å². The van der Waals surface area contributed by atoms with Crippen LogP contribution in [0.4, 0.5) is 0 Å². The summed E-state index contributed by atoms with van der Waals surface area (Å²) < 4.78 is 0. The molecular weight excluding hydrogens is 120 g/mol. The summed E-state index contributed by atoms with van der Waals surface area (Å²) in [4.78, 5) is 9.95. The Hall–Kier alpha value is -0.570. The number of hydrogen-bond donors (Lipinski definition) is 2. The van der Waals surface area contributed by atoms with Gasteiger partial charge < -0.3 is 10.2 Å². The van der Waals surface area contributed by atoms with Crippen LogP contribution in [0.25, 0.3) is 0 Å². The highest BCUT2D eigenvalue weighted by Gasteiger charge is 2.14. The van der Waals surface area contributed by atoms with E-state index in [9.17, 15) is 4.79 Å². The van der Waals surface area contributed by atoms with Crippen LogP contribution in [0.5, 0.6) is 0 Å². The molecule has 0 aliphatic heterocycles. The molecule has 0 bridgehead atoms. The topological polar surface area (TPSA) is 57.5 Å². The minimum absolute atomic E-state index is 0.107. The van der Waals surface area contributed by atoms with E-state index in [1.807, 2.05) is 13.8 Å². The molecule has 1 atom stereocenters. The van der Waals surface area contributed by atoms with E-state index in [0.717, 1.165) is 0 Å². The van der Waals surface area contributed by atoms with Gasteiger partial charge in [-0.3, -0.25) is 0 Å². The highest BCUT2D eigenvalue weighted by Crippen LogP contribution is 2.01. The van der Waals surface area contributed by atoms with Crippen LogP contribution >= 0.6 is 0 Å². The third-order valence-electron chi connectivity index (χ3n) is 0.820. The van der Waals surface area contributed by atoms with E-state index in [1.54, 1.807) is 0 Å². The molecule has 0 saturated carbocycles. The maximum absolute atomic E-state index is 9.95. The molecule has 0 rings (SSSR count). The molecule has 0 saturated heterocycles. The van der Waals surface area contributed by atoms with Crippen molar-refractivity contribution in [2.45, 2.75) is 20.0 Å². The zero-order valence-corrected chi connectivity index (χ0v) is 5.53. The summed E-state index contributed by atoms with van der Waals surface area (Å²) in [5, 5.41) is 16.8. The average Bonchev–Trinajstić information content (AvgIpc) is 1.63. The van der Waals surface area contributed by atoms with Gasteiger partial charge in [-0.2, -0.15) is 0 Å². The first-order valence-electron chi connectivity index (χ1n) is 2.80. The van der Waals surface area contributed by atoms with E-state index in [0.29, 0.717) is 0 Å². The standard InChI is InChI=1S/C6H11O3/c1-4(2)3-5(7)6(8)9/h3-5,7H,1-2H3,(H,8,9). The molecule has 2 N–H and O–H groups in total. The summed E-state index contributed by atoms with van der Waals surface area (Å²) in [6.07, 6.45) is 0.0486. The molecule has 9 heavy (non-hydrogen) atoms. The fourth-order valence-corrected chi connectivity index (χ4v) is 0.447. The Morgan fingerprint density at radius 3 is 2.11 bits per heavy atom. The minimum atomic E-state index is -1.31. The first-order chi connectivity index (χ1) is 4.04. The Bertz CT molecular complexity index is 98.5. The lowest BCUT2D eigenvalue weighted by Gasteiger charge is -2.05. The normalized spacial score (nSPS) is 13.8. The summed E-state index contributed by atoms with van der Waals surface area (Å²) in [6, 6.07) is 0. The van der Waals surface area contributed by atoms with Gasteiger partial charge in [0.15, 0.2) is 6.10 Å². The molecule has 0 heterocycles. The molecule has 0 amide bonds. The predicted octanol–water partition coefficient (Wildman–Crippen LogP) is 0.292. The van der Waals surface area contributed by atoms with E-state index in [1.165, 1.54) is 6.42 Å². The zero-order valence-electron chi connectivity index (χ0n) is 5.53. The lowest BCUT2D eigenvalue weighted by Crippen LogP contribution is -2.21. The predicted molar refractivity (Wildman–Crippen MR) is 32.8 cm³/mol. The zero-order chi connectivity index (χ0) is 7.44. The number of aliphatic carboxylic acids is 1. The molecule has 0 fully saturated rings. The van der Waals surface area contributed by atoms with Crippen LogP contribution in [-0.2, 0) is 4.79 Å². The van der Waals surface area contributed by atoms with Crippen molar-refractivity contribution < 1.29 is 15.0 Å². The first-order valence-corrected chi connectivity index (χ1v) is 2.80. The molecule has 0 aliphatic rings. The second-order valence-corrected chi connectivity index (χ2v) is 2.22. The van der Waals surface area contributed by atoms with E-state index in [2.05, 4.69) is 0 Å². The molecule has 0 aliphatic carbocycles. The van der Waals surface area contributed by atoms with Gasteiger partial charge in [0.25, 0.3) is 0 Å². The molecule has 1 radical (unpaired) electrons. The van der Waals surface area contributed by atoms with Crippen molar-refractivity contribution in [1.82, 2.24) is 0 Å². The monoisotopic (exact) mass is 131 g/mol. The highest BCUT2D eigenvalue weighted by atomic mass is 16.4. The second-order valence-electron chi connectivity index (χ2n) is 2.22. The number of carbonyl (C=O) groups is 1. The van der Waals surface area contributed by atoms with Crippen molar-refractivity contribution in [3.05, 3.63) is 6.42 Å². The maximum Gasteiger partial charge on any atom is 0.332 e. The summed E-state index contributed by atoms with van der Waals surface area (Å²) in [5.41, 5.74) is 0. The number of carboxylic acids is 1. The van der Waals surface area contributed by atoms with Crippen molar-refractivity contribution in [3.8, 4) is 0 Å². The Labute approximate surface area is 54.3 Å². The molecule has 0 aromatic carbocycles. The van der Waals surface area contributed by atoms with Gasteiger partial charge in [-0.15, -0.1) is 0 Å². The van der Waals surface area contributed by atoms with E-state index < -0.39 is 12.1 Å². The summed E-state index contributed by atoms with van der Waals surface area (Å²) in [5.74, 6) is -1.08. The quantitative estimate of drug-likeness (QED) is 0.578. The summed E-state index contributed by atoms with van der Waals surface area (Å²) >= 11 is 0. The number of aliphatic hydroxyl groups is 1. The van der Waals surface area contributed by atoms with Crippen LogP contribution in [0.15, 0.2) is 0 Å². The van der Waals surface area contributed by atoms with Gasteiger partial charge in [-0.1, -0.05) is 13.8 Å².